The molecule has 0 bridgehead atoms. The molecule has 0 aliphatic heterocycles. The lowest BCUT2D eigenvalue weighted by Gasteiger charge is -2.24. The van der Waals surface area contributed by atoms with E-state index in [4.69, 9.17) is 4.74 Å². The molecule has 19 heavy (non-hydrogen) atoms. The second kappa shape index (κ2) is 7.39. The van der Waals surface area contributed by atoms with Crippen molar-refractivity contribution in [1.82, 2.24) is 5.32 Å². The Balaban J connectivity index is 1.53. The molecule has 108 valence electrons. The maximum Gasteiger partial charge on any atom is 0.0897 e. The van der Waals surface area contributed by atoms with E-state index in [1.165, 1.54) is 30.6 Å². The predicted octanol–water partition coefficient (Wildman–Crippen LogP) is 2.80. The van der Waals surface area contributed by atoms with Crippen molar-refractivity contribution in [1.29, 1.82) is 0 Å². The highest BCUT2D eigenvalue weighted by Gasteiger charge is 2.28. The first-order valence-corrected chi connectivity index (χ1v) is 8.05. The summed E-state index contributed by atoms with van der Waals surface area (Å²) >= 11 is 1.69. The fourth-order valence-electron chi connectivity index (χ4n) is 2.70. The van der Waals surface area contributed by atoms with Crippen molar-refractivity contribution >= 4 is 11.3 Å². The van der Waals surface area contributed by atoms with Crippen LogP contribution in [0.3, 0.4) is 0 Å². The van der Waals surface area contributed by atoms with Gasteiger partial charge in [0.1, 0.15) is 0 Å². The second-order valence-electron chi connectivity index (χ2n) is 5.90. The summed E-state index contributed by atoms with van der Waals surface area (Å²) in [6.07, 6.45) is 4.91. The summed E-state index contributed by atoms with van der Waals surface area (Å²) in [5.41, 5.74) is 0.442. The van der Waals surface area contributed by atoms with Gasteiger partial charge in [0.25, 0.3) is 0 Å². The number of aliphatic hydroxyl groups excluding tert-OH is 1. The summed E-state index contributed by atoms with van der Waals surface area (Å²) in [6, 6.07) is 4.07. The van der Waals surface area contributed by atoms with E-state index in [1.54, 1.807) is 11.3 Å². The van der Waals surface area contributed by atoms with Crippen LogP contribution in [0.1, 0.15) is 37.5 Å². The minimum Gasteiger partial charge on any atom is -0.389 e. The van der Waals surface area contributed by atoms with Gasteiger partial charge >= 0.3 is 0 Å². The normalized spacial score (nSPS) is 19.7. The molecule has 0 saturated heterocycles. The number of thiophene rings is 1. The lowest BCUT2D eigenvalue weighted by Crippen LogP contribution is -2.36. The van der Waals surface area contributed by atoms with Gasteiger partial charge in [0, 0.05) is 18.0 Å². The molecule has 0 aromatic carbocycles. The standard InChI is InChI=1S/C15H25NO2S/c1-15(6-2-3-7-15)12-16-9-13(17)10-18-11-14-5-4-8-19-14/h4-5,8,13,16-17H,2-3,6-7,9-12H2,1H3. The molecule has 2 rings (SSSR count). The Morgan fingerprint density at radius 2 is 2.26 bits per heavy atom. The fourth-order valence-corrected chi connectivity index (χ4v) is 3.34. The van der Waals surface area contributed by atoms with Crippen molar-refractivity contribution < 1.29 is 9.84 Å². The molecule has 1 aromatic rings. The second-order valence-corrected chi connectivity index (χ2v) is 6.93. The highest BCUT2D eigenvalue weighted by atomic mass is 32.1. The molecule has 2 N–H and O–H groups in total. The Hall–Kier alpha value is -0.420. The topological polar surface area (TPSA) is 41.5 Å². The molecular formula is C15H25NO2S. The third-order valence-electron chi connectivity index (χ3n) is 3.88. The van der Waals surface area contributed by atoms with Gasteiger partial charge in [-0.1, -0.05) is 25.8 Å². The number of hydrogen-bond acceptors (Lipinski definition) is 4. The van der Waals surface area contributed by atoms with Crippen LogP contribution in [-0.4, -0.2) is 30.9 Å². The van der Waals surface area contributed by atoms with Crippen molar-refractivity contribution in [3.63, 3.8) is 0 Å². The van der Waals surface area contributed by atoms with E-state index in [-0.39, 0.29) is 0 Å². The SMILES string of the molecule is CC1(CNCC(O)COCc2cccs2)CCCC1. The van der Waals surface area contributed by atoms with Gasteiger partial charge < -0.3 is 15.2 Å². The van der Waals surface area contributed by atoms with Crippen molar-refractivity contribution in [2.75, 3.05) is 19.7 Å². The molecule has 4 heteroatoms. The van der Waals surface area contributed by atoms with Crippen LogP contribution in [0.15, 0.2) is 17.5 Å². The van der Waals surface area contributed by atoms with E-state index < -0.39 is 6.10 Å². The summed E-state index contributed by atoms with van der Waals surface area (Å²) in [4.78, 5) is 1.21. The van der Waals surface area contributed by atoms with Crippen LogP contribution in [0, 0.1) is 5.41 Å². The number of rotatable bonds is 8. The quantitative estimate of drug-likeness (QED) is 0.771. The Bertz CT molecular complexity index is 347. The van der Waals surface area contributed by atoms with Crippen molar-refractivity contribution in [2.24, 2.45) is 5.41 Å². The van der Waals surface area contributed by atoms with E-state index in [0.717, 1.165) is 6.54 Å². The third-order valence-corrected chi connectivity index (χ3v) is 4.73. The molecule has 1 unspecified atom stereocenters. The fraction of sp³-hybridized carbons (Fsp3) is 0.733. The molecule has 0 radical (unpaired) electrons. The largest absolute Gasteiger partial charge is 0.389 e. The van der Waals surface area contributed by atoms with Crippen LogP contribution in [0.25, 0.3) is 0 Å². The lowest BCUT2D eigenvalue weighted by atomic mass is 9.89. The average Bonchev–Trinajstić information content (AvgIpc) is 3.01. The lowest BCUT2D eigenvalue weighted by molar-refractivity contribution is 0.0287. The van der Waals surface area contributed by atoms with Gasteiger partial charge in [-0.15, -0.1) is 11.3 Å². The molecular weight excluding hydrogens is 258 g/mol. The molecule has 0 amide bonds. The van der Waals surface area contributed by atoms with Gasteiger partial charge in [0.2, 0.25) is 0 Å². The summed E-state index contributed by atoms with van der Waals surface area (Å²) in [5.74, 6) is 0. The van der Waals surface area contributed by atoms with Crippen LogP contribution in [0.5, 0.6) is 0 Å². The first-order chi connectivity index (χ1) is 9.18. The van der Waals surface area contributed by atoms with Gasteiger partial charge in [-0.2, -0.15) is 0 Å². The minimum absolute atomic E-state index is 0.404. The highest BCUT2D eigenvalue weighted by Crippen LogP contribution is 2.36. The highest BCUT2D eigenvalue weighted by molar-refractivity contribution is 7.09. The maximum absolute atomic E-state index is 9.85. The van der Waals surface area contributed by atoms with Crippen LogP contribution in [-0.2, 0) is 11.3 Å². The Labute approximate surface area is 120 Å². The predicted molar refractivity (Wildman–Crippen MR) is 79.4 cm³/mol. The van der Waals surface area contributed by atoms with Crippen molar-refractivity contribution in [2.45, 2.75) is 45.3 Å². The average molecular weight is 283 g/mol. The van der Waals surface area contributed by atoms with Gasteiger partial charge in [-0.25, -0.2) is 0 Å². The molecule has 1 heterocycles. The van der Waals surface area contributed by atoms with E-state index in [1.807, 2.05) is 11.4 Å². The molecule has 0 spiro atoms. The number of hydrogen-bond donors (Lipinski definition) is 2. The minimum atomic E-state index is -0.412. The van der Waals surface area contributed by atoms with E-state index >= 15 is 0 Å². The Morgan fingerprint density at radius 1 is 1.47 bits per heavy atom. The zero-order valence-electron chi connectivity index (χ0n) is 11.7. The van der Waals surface area contributed by atoms with Crippen molar-refractivity contribution in [3.8, 4) is 0 Å². The van der Waals surface area contributed by atoms with E-state index in [9.17, 15) is 5.11 Å². The molecule has 3 nitrogen and oxygen atoms in total. The first-order valence-electron chi connectivity index (χ1n) is 7.17. The van der Waals surface area contributed by atoms with Gasteiger partial charge in [-0.05, 0) is 29.7 Å². The number of nitrogens with one attached hydrogen (secondary N) is 1. The van der Waals surface area contributed by atoms with Crippen LogP contribution in [0.2, 0.25) is 0 Å². The molecule has 1 atom stereocenters. The summed E-state index contributed by atoms with van der Waals surface area (Å²) in [7, 11) is 0. The zero-order chi connectivity index (χ0) is 13.6. The maximum atomic E-state index is 9.85. The Morgan fingerprint density at radius 3 is 2.95 bits per heavy atom. The summed E-state index contributed by atoms with van der Waals surface area (Å²) in [5, 5.41) is 15.3. The Kier molecular flexibility index (Phi) is 5.82. The monoisotopic (exact) mass is 283 g/mol. The third kappa shape index (κ3) is 5.22. The van der Waals surface area contributed by atoms with Gasteiger partial charge in [0.05, 0.1) is 19.3 Å². The molecule has 1 saturated carbocycles. The van der Waals surface area contributed by atoms with Crippen LogP contribution in [0.4, 0.5) is 0 Å². The van der Waals surface area contributed by atoms with Crippen molar-refractivity contribution in [3.05, 3.63) is 22.4 Å². The number of ether oxygens (including phenoxy) is 1. The van der Waals surface area contributed by atoms with Gasteiger partial charge in [-0.3, -0.25) is 0 Å². The van der Waals surface area contributed by atoms with Crippen LogP contribution >= 0.6 is 11.3 Å². The summed E-state index contributed by atoms with van der Waals surface area (Å²) in [6.45, 7) is 4.98. The molecule has 1 aliphatic carbocycles. The molecule has 1 aliphatic rings. The van der Waals surface area contributed by atoms with Crippen LogP contribution < -0.4 is 5.32 Å². The molecule has 1 fully saturated rings. The summed E-state index contributed by atoms with van der Waals surface area (Å²) < 4.78 is 5.51. The zero-order valence-corrected chi connectivity index (χ0v) is 12.5. The smallest absolute Gasteiger partial charge is 0.0897 e. The first kappa shape index (κ1) is 15.0. The number of aliphatic hydroxyl groups is 1. The van der Waals surface area contributed by atoms with E-state index in [2.05, 4.69) is 18.3 Å². The molecule has 1 aromatic heterocycles. The van der Waals surface area contributed by atoms with E-state index in [0.29, 0.717) is 25.2 Å². The van der Waals surface area contributed by atoms with Gasteiger partial charge in [0.15, 0.2) is 0 Å².